The van der Waals surface area contributed by atoms with Crippen molar-refractivity contribution in [3.8, 4) is 11.5 Å². The van der Waals surface area contributed by atoms with Crippen LogP contribution in [0.5, 0.6) is 11.5 Å². The topological polar surface area (TPSA) is 84.9 Å². The van der Waals surface area contributed by atoms with Crippen LogP contribution in [0, 0.1) is 0 Å². The lowest BCUT2D eigenvalue weighted by molar-refractivity contribution is -0.120. The minimum Gasteiger partial charge on any atom is -0.497 e. The number of rotatable bonds is 8. The maximum Gasteiger partial charge on any atom is 0.264 e. The van der Waals surface area contributed by atoms with Crippen LogP contribution in [0.2, 0.25) is 0 Å². The van der Waals surface area contributed by atoms with E-state index >= 15 is 0 Å². The Hall–Kier alpha value is -2.74. The minimum absolute atomic E-state index is 0.0935. The second kappa shape index (κ2) is 9.17. The molecule has 0 unspecified atom stereocenters. The summed E-state index contributed by atoms with van der Waals surface area (Å²) >= 11 is 0. The van der Waals surface area contributed by atoms with Crippen LogP contribution in [-0.4, -0.2) is 41.1 Å². The molecule has 1 saturated carbocycles. The lowest BCUT2D eigenvalue weighted by Crippen LogP contribution is -2.43. The van der Waals surface area contributed by atoms with Gasteiger partial charge < -0.3 is 14.8 Å². The fraction of sp³-hybridized carbons (Fsp3) is 0.381. The van der Waals surface area contributed by atoms with Gasteiger partial charge >= 0.3 is 0 Å². The summed E-state index contributed by atoms with van der Waals surface area (Å²) in [5.74, 6) is 0.450. The summed E-state index contributed by atoms with van der Waals surface area (Å²) in [6, 6.07) is 13.0. The molecule has 1 aliphatic rings. The molecule has 1 amide bonds. The summed E-state index contributed by atoms with van der Waals surface area (Å²) in [6.45, 7) is -0.350. The first-order chi connectivity index (χ1) is 14.0. The molecule has 29 heavy (non-hydrogen) atoms. The third-order valence-corrected chi connectivity index (χ3v) is 6.77. The largest absolute Gasteiger partial charge is 0.497 e. The number of benzene rings is 2. The van der Waals surface area contributed by atoms with Crippen LogP contribution >= 0.6 is 0 Å². The van der Waals surface area contributed by atoms with E-state index in [1.807, 2.05) is 0 Å². The van der Waals surface area contributed by atoms with Crippen LogP contribution in [-0.2, 0) is 14.8 Å². The fourth-order valence-electron chi connectivity index (χ4n) is 3.48. The zero-order valence-corrected chi connectivity index (χ0v) is 17.4. The molecule has 2 aromatic carbocycles. The summed E-state index contributed by atoms with van der Waals surface area (Å²) in [6.07, 6.45) is 3.97. The number of carbonyl (C=O) groups is 1. The molecule has 8 heteroatoms. The molecule has 0 atom stereocenters. The number of carbonyl (C=O) groups excluding carboxylic acids is 1. The summed E-state index contributed by atoms with van der Waals surface area (Å²) in [4.78, 5) is 12.8. The Morgan fingerprint density at radius 1 is 1.07 bits per heavy atom. The second-order valence-electron chi connectivity index (χ2n) is 6.91. The highest BCUT2D eigenvalue weighted by atomic mass is 32.2. The Bertz CT molecular complexity index is 941. The molecular weight excluding hydrogens is 392 g/mol. The van der Waals surface area contributed by atoms with Crippen molar-refractivity contribution in [2.45, 2.75) is 36.6 Å². The summed E-state index contributed by atoms with van der Waals surface area (Å²) in [5, 5.41) is 2.95. The first-order valence-electron chi connectivity index (χ1n) is 9.55. The van der Waals surface area contributed by atoms with Crippen molar-refractivity contribution < 1.29 is 22.7 Å². The zero-order chi connectivity index (χ0) is 20.9. The third kappa shape index (κ3) is 4.82. The highest BCUT2D eigenvalue weighted by molar-refractivity contribution is 7.92. The molecular formula is C21H26N2O5S. The van der Waals surface area contributed by atoms with Crippen LogP contribution < -0.4 is 19.1 Å². The third-order valence-electron chi connectivity index (χ3n) is 4.99. The van der Waals surface area contributed by atoms with Gasteiger partial charge in [0.1, 0.15) is 18.0 Å². The molecule has 1 N–H and O–H groups in total. The van der Waals surface area contributed by atoms with E-state index in [0.717, 1.165) is 30.0 Å². The molecule has 0 spiro atoms. The molecule has 156 valence electrons. The number of ether oxygens (including phenoxy) is 2. The van der Waals surface area contributed by atoms with Gasteiger partial charge in [-0.25, -0.2) is 8.42 Å². The number of methoxy groups -OCH3 is 2. The Balaban J connectivity index is 2.01. The van der Waals surface area contributed by atoms with Gasteiger partial charge in [-0.3, -0.25) is 9.10 Å². The van der Waals surface area contributed by atoms with Gasteiger partial charge in [-0.15, -0.1) is 0 Å². The molecule has 3 rings (SSSR count). The molecule has 1 fully saturated rings. The predicted molar refractivity (Wildman–Crippen MR) is 111 cm³/mol. The number of sulfonamides is 1. The molecule has 0 aromatic heterocycles. The van der Waals surface area contributed by atoms with Crippen LogP contribution in [0.3, 0.4) is 0 Å². The van der Waals surface area contributed by atoms with E-state index in [9.17, 15) is 13.2 Å². The van der Waals surface area contributed by atoms with Gasteiger partial charge in [-0.2, -0.15) is 0 Å². The molecule has 0 bridgehead atoms. The predicted octanol–water partition coefficient (Wildman–Crippen LogP) is 2.96. The molecule has 1 aliphatic carbocycles. The number of nitrogens with zero attached hydrogens (tertiary/aromatic N) is 1. The Labute approximate surface area is 171 Å². The van der Waals surface area contributed by atoms with Gasteiger partial charge in [0.15, 0.2) is 0 Å². The van der Waals surface area contributed by atoms with Gasteiger partial charge in [0.25, 0.3) is 10.0 Å². The SMILES string of the molecule is COc1ccc(OC)c(N(CC(=O)NC2CCCC2)S(=O)(=O)c2ccccc2)c1. The number of amides is 1. The quantitative estimate of drug-likeness (QED) is 0.712. The van der Waals surface area contributed by atoms with E-state index in [1.165, 1.54) is 26.4 Å². The summed E-state index contributed by atoms with van der Waals surface area (Å²) in [5.41, 5.74) is 0.247. The number of nitrogens with one attached hydrogen (secondary N) is 1. The lowest BCUT2D eigenvalue weighted by atomic mass is 10.2. The molecule has 0 heterocycles. The van der Waals surface area contributed by atoms with Crippen LogP contribution in [0.25, 0.3) is 0 Å². The Morgan fingerprint density at radius 3 is 2.38 bits per heavy atom. The lowest BCUT2D eigenvalue weighted by Gasteiger charge is -2.26. The summed E-state index contributed by atoms with van der Waals surface area (Å²) in [7, 11) is -1.05. The highest BCUT2D eigenvalue weighted by Crippen LogP contribution is 2.35. The smallest absolute Gasteiger partial charge is 0.264 e. The molecule has 2 aromatic rings. The van der Waals surface area contributed by atoms with Crippen LogP contribution in [0.1, 0.15) is 25.7 Å². The van der Waals surface area contributed by atoms with E-state index in [0.29, 0.717) is 11.5 Å². The fourth-order valence-corrected chi connectivity index (χ4v) is 4.93. The van der Waals surface area contributed by atoms with E-state index in [4.69, 9.17) is 9.47 Å². The number of anilines is 1. The van der Waals surface area contributed by atoms with Gasteiger partial charge in [0.2, 0.25) is 5.91 Å². The average molecular weight is 419 g/mol. The maximum atomic E-state index is 13.4. The van der Waals surface area contributed by atoms with Crippen molar-refractivity contribution in [1.82, 2.24) is 5.32 Å². The van der Waals surface area contributed by atoms with Gasteiger partial charge in [0, 0.05) is 12.1 Å². The average Bonchev–Trinajstić information content (AvgIpc) is 3.25. The normalized spacial score (nSPS) is 14.4. The molecule has 0 saturated heterocycles. The van der Waals surface area contributed by atoms with Gasteiger partial charge in [-0.1, -0.05) is 31.0 Å². The Morgan fingerprint density at radius 2 is 1.76 bits per heavy atom. The standard InChI is InChI=1S/C21H26N2O5S/c1-27-17-12-13-20(28-2)19(14-17)23(15-21(24)22-16-8-6-7-9-16)29(25,26)18-10-4-3-5-11-18/h3-5,10-14,16H,6-9,15H2,1-2H3,(H,22,24). The van der Waals surface area contributed by atoms with E-state index in [-0.39, 0.29) is 29.1 Å². The van der Waals surface area contributed by atoms with Crippen LogP contribution in [0.4, 0.5) is 5.69 Å². The molecule has 7 nitrogen and oxygen atoms in total. The highest BCUT2D eigenvalue weighted by Gasteiger charge is 2.30. The van der Waals surface area contributed by atoms with Crippen molar-refractivity contribution in [2.75, 3.05) is 25.1 Å². The monoisotopic (exact) mass is 418 g/mol. The molecule has 0 aliphatic heterocycles. The van der Waals surface area contributed by atoms with Crippen molar-refractivity contribution in [1.29, 1.82) is 0 Å². The van der Waals surface area contributed by atoms with Gasteiger partial charge in [0.05, 0.1) is 24.8 Å². The zero-order valence-electron chi connectivity index (χ0n) is 16.6. The van der Waals surface area contributed by atoms with Crippen molar-refractivity contribution in [3.63, 3.8) is 0 Å². The number of hydrogen-bond acceptors (Lipinski definition) is 5. The van der Waals surface area contributed by atoms with Crippen molar-refractivity contribution >= 4 is 21.6 Å². The van der Waals surface area contributed by atoms with Crippen LogP contribution in [0.15, 0.2) is 53.4 Å². The second-order valence-corrected chi connectivity index (χ2v) is 8.77. The van der Waals surface area contributed by atoms with E-state index < -0.39 is 10.0 Å². The summed E-state index contributed by atoms with van der Waals surface area (Å²) < 4.78 is 38.6. The Kier molecular flexibility index (Phi) is 6.64. The van der Waals surface area contributed by atoms with E-state index in [2.05, 4.69) is 5.32 Å². The first-order valence-corrected chi connectivity index (χ1v) is 11.0. The van der Waals surface area contributed by atoms with Crippen molar-refractivity contribution in [3.05, 3.63) is 48.5 Å². The minimum atomic E-state index is -4.00. The number of hydrogen-bond donors (Lipinski definition) is 1. The van der Waals surface area contributed by atoms with E-state index in [1.54, 1.807) is 36.4 Å². The van der Waals surface area contributed by atoms with Gasteiger partial charge in [-0.05, 0) is 37.1 Å². The first kappa shape index (κ1) is 21.0. The maximum absolute atomic E-state index is 13.4. The molecule has 0 radical (unpaired) electrons. The van der Waals surface area contributed by atoms with Crippen molar-refractivity contribution in [2.24, 2.45) is 0 Å².